The largest absolute Gasteiger partial charge is 0.309 e. The summed E-state index contributed by atoms with van der Waals surface area (Å²) in [7, 11) is 0. The monoisotopic (exact) mass is 372 g/mol. The van der Waals surface area contributed by atoms with Gasteiger partial charge in [0.15, 0.2) is 0 Å². The van der Waals surface area contributed by atoms with Crippen LogP contribution in [-0.2, 0) is 13.1 Å². The van der Waals surface area contributed by atoms with Crippen LogP contribution in [0.25, 0.3) is 0 Å². The lowest BCUT2D eigenvalue weighted by atomic mass is 10.2. The lowest BCUT2D eigenvalue weighted by molar-refractivity contribution is -0.384. The summed E-state index contributed by atoms with van der Waals surface area (Å²) in [5.41, 5.74) is 1.10. The van der Waals surface area contributed by atoms with Gasteiger partial charge in [0, 0.05) is 29.2 Å². The van der Waals surface area contributed by atoms with E-state index in [2.05, 4.69) is 21.2 Å². The second-order valence-electron chi connectivity index (χ2n) is 4.38. The van der Waals surface area contributed by atoms with Crippen molar-refractivity contribution in [2.24, 2.45) is 0 Å². The zero-order chi connectivity index (χ0) is 15.4. The van der Waals surface area contributed by atoms with Crippen molar-refractivity contribution in [3.05, 3.63) is 73.0 Å². The van der Waals surface area contributed by atoms with Crippen molar-refractivity contribution in [1.82, 2.24) is 5.32 Å². The highest BCUT2D eigenvalue weighted by Gasteiger charge is 2.12. The number of nitro groups is 1. The van der Waals surface area contributed by atoms with Crippen LogP contribution in [0.4, 0.5) is 10.1 Å². The molecule has 2 aromatic carbocycles. The molecule has 110 valence electrons. The van der Waals surface area contributed by atoms with Crippen LogP contribution < -0.4 is 5.32 Å². The first-order valence-corrected chi connectivity index (χ1v) is 7.22. The Morgan fingerprint density at radius 1 is 1.24 bits per heavy atom. The number of benzene rings is 2. The van der Waals surface area contributed by atoms with Crippen molar-refractivity contribution in [2.75, 3.05) is 0 Å². The molecule has 4 nitrogen and oxygen atoms in total. The zero-order valence-electron chi connectivity index (χ0n) is 10.8. The molecule has 0 aromatic heterocycles. The van der Waals surface area contributed by atoms with E-state index in [1.54, 1.807) is 18.2 Å². The van der Waals surface area contributed by atoms with Gasteiger partial charge in [0.1, 0.15) is 10.8 Å². The van der Waals surface area contributed by atoms with Crippen LogP contribution in [0.1, 0.15) is 11.1 Å². The van der Waals surface area contributed by atoms with Gasteiger partial charge in [-0.05, 0) is 29.8 Å². The molecule has 0 saturated heterocycles. The summed E-state index contributed by atoms with van der Waals surface area (Å²) >= 11 is 9.02. The van der Waals surface area contributed by atoms with Gasteiger partial charge in [-0.2, -0.15) is 0 Å². The number of hydrogen-bond acceptors (Lipinski definition) is 3. The van der Waals surface area contributed by atoms with E-state index < -0.39 is 4.92 Å². The first-order chi connectivity index (χ1) is 9.97. The van der Waals surface area contributed by atoms with Crippen LogP contribution in [-0.4, -0.2) is 4.92 Å². The molecule has 0 amide bonds. The number of halogens is 3. The Morgan fingerprint density at radius 2 is 2.00 bits per heavy atom. The molecule has 0 aliphatic carbocycles. The van der Waals surface area contributed by atoms with Crippen LogP contribution in [0.2, 0.25) is 5.02 Å². The van der Waals surface area contributed by atoms with Crippen molar-refractivity contribution < 1.29 is 9.31 Å². The molecule has 0 saturated carbocycles. The molecule has 0 heterocycles. The van der Waals surface area contributed by atoms with E-state index in [4.69, 9.17) is 11.6 Å². The van der Waals surface area contributed by atoms with E-state index >= 15 is 0 Å². The summed E-state index contributed by atoms with van der Waals surface area (Å²) in [6.45, 7) is 0.700. The SMILES string of the molecule is O=[N+]([O-])c1cc(CNCc2cc(Br)ccc2F)ccc1Cl. The van der Waals surface area contributed by atoms with Crippen LogP contribution in [0, 0.1) is 15.9 Å². The van der Waals surface area contributed by atoms with Gasteiger partial charge >= 0.3 is 0 Å². The third-order valence-electron chi connectivity index (χ3n) is 2.86. The molecule has 0 radical (unpaired) electrons. The highest BCUT2D eigenvalue weighted by molar-refractivity contribution is 9.10. The minimum Gasteiger partial charge on any atom is -0.309 e. The normalized spacial score (nSPS) is 10.6. The lowest BCUT2D eigenvalue weighted by Crippen LogP contribution is -2.14. The number of nitrogens with one attached hydrogen (secondary N) is 1. The minimum atomic E-state index is -0.528. The third kappa shape index (κ3) is 4.23. The zero-order valence-corrected chi connectivity index (χ0v) is 13.1. The summed E-state index contributed by atoms with van der Waals surface area (Å²) in [4.78, 5) is 10.3. The highest BCUT2D eigenvalue weighted by atomic mass is 79.9. The fourth-order valence-electron chi connectivity index (χ4n) is 1.83. The Balaban J connectivity index is 2.02. The standard InChI is InChI=1S/C14H11BrClFN2O2/c15-11-2-4-13(17)10(6-11)8-18-7-9-1-3-12(16)14(5-9)19(20)21/h1-6,18H,7-8H2. The van der Waals surface area contributed by atoms with Gasteiger partial charge in [0.05, 0.1) is 4.92 Å². The molecule has 2 rings (SSSR count). The summed E-state index contributed by atoms with van der Waals surface area (Å²) in [6, 6.07) is 9.28. The Hall–Kier alpha value is -1.50. The van der Waals surface area contributed by atoms with Crippen molar-refractivity contribution >= 4 is 33.2 Å². The predicted molar refractivity (Wildman–Crippen MR) is 82.8 cm³/mol. The maximum Gasteiger partial charge on any atom is 0.288 e. The van der Waals surface area contributed by atoms with E-state index in [1.165, 1.54) is 18.2 Å². The number of nitrogens with zero attached hydrogens (tertiary/aromatic N) is 1. The van der Waals surface area contributed by atoms with E-state index in [1.807, 2.05) is 0 Å². The van der Waals surface area contributed by atoms with E-state index in [0.29, 0.717) is 24.2 Å². The predicted octanol–water partition coefficient (Wildman–Crippen LogP) is 4.44. The molecule has 0 unspecified atom stereocenters. The van der Waals surface area contributed by atoms with E-state index in [-0.39, 0.29) is 16.5 Å². The van der Waals surface area contributed by atoms with Crippen LogP contribution in [0.3, 0.4) is 0 Å². The topological polar surface area (TPSA) is 55.2 Å². The molecule has 7 heteroatoms. The quantitative estimate of drug-likeness (QED) is 0.623. The van der Waals surface area contributed by atoms with Crippen molar-refractivity contribution in [3.63, 3.8) is 0 Å². The van der Waals surface area contributed by atoms with Gasteiger partial charge < -0.3 is 5.32 Å². The molecule has 0 fully saturated rings. The summed E-state index contributed by atoms with van der Waals surface area (Å²) in [5, 5.41) is 13.9. The van der Waals surface area contributed by atoms with Gasteiger partial charge in [-0.25, -0.2) is 4.39 Å². The van der Waals surface area contributed by atoms with Crippen molar-refractivity contribution in [1.29, 1.82) is 0 Å². The second kappa shape index (κ2) is 6.98. The van der Waals surface area contributed by atoms with Gasteiger partial charge in [-0.3, -0.25) is 10.1 Å². The fraction of sp³-hybridized carbons (Fsp3) is 0.143. The Kier molecular flexibility index (Phi) is 5.27. The number of rotatable bonds is 5. The van der Waals surface area contributed by atoms with Crippen molar-refractivity contribution in [3.8, 4) is 0 Å². The van der Waals surface area contributed by atoms with Gasteiger partial charge in [-0.1, -0.05) is 33.6 Å². The summed E-state index contributed by atoms with van der Waals surface area (Å²) in [5.74, 6) is -0.298. The van der Waals surface area contributed by atoms with Gasteiger partial charge in [0.25, 0.3) is 5.69 Å². The molecule has 1 N–H and O–H groups in total. The first kappa shape index (κ1) is 15.9. The van der Waals surface area contributed by atoms with E-state index in [9.17, 15) is 14.5 Å². The van der Waals surface area contributed by atoms with Gasteiger partial charge in [-0.15, -0.1) is 0 Å². The maximum absolute atomic E-state index is 13.6. The molecule has 0 atom stereocenters. The van der Waals surface area contributed by atoms with Gasteiger partial charge in [0.2, 0.25) is 0 Å². The molecule has 0 bridgehead atoms. The smallest absolute Gasteiger partial charge is 0.288 e. The Bertz CT molecular complexity index is 682. The van der Waals surface area contributed by atoms with Crippen LogP contribution >= 0.6 is 27.5 Å². The molecular formula is C14H11BrClFN2O2. The molecule has 0 aliphatic heterocycles. The Labute approximate surface area is 134 Å². The van der Waals surface area contributed by atoms with Crippen molar-refractivity contribution in [2.45, 2.75) is 13.1 Å². The first-order valence-electron chi connectivity index (χ1n) is 6.05. The second-order valence-corrected chi connectivity index (χ2v) is 5.71. The number of hydrogen-bond donors (Lipinski definition) is 1. The lowest BCUT2D eigenvalue weighted by Gasteiger charge is -2.07. The van der Waals surface area contributed by atoms with Crippen LogP contribution in [0.15, 0.2) is 40.9 Å². The van der Waals surface area contributed by atoms with E-state index in [0.717, 1.165) is 4.47 Å². The summed E-state index contributed by atoms with van der Waals surface area (Å²) in [6.07, 6.45) is 0. The Morgan fingerprint density at radius 3 is 2.71 bits per heavy atom. The fourth-order valence-corrected chi connectivity index (χ4v) is 2.42. The third-order valence-corrected chi connectivity index (χ3v) is 3.67. The average Bonchev–Trinajstić information content (AvgIpc) is 2.44. The molecule has 0 aliphatic rings. The number of nitro benzene ring substituents is 1. The molecule has 21 heavy (non-hydrogen) atoms. The van der Waals surface area contributed by atoms with Crippen LogP contribution in [0.5, 0.6) is 0 Å². The molecule has 0 spiro atoms. The average molecular weight is 374 g/mol. The maximum atomic E-state index is 13.6. The summed E-state index contributed by atoms with van der Waals surface area (Å²) < 4.78 is 14.3. The molecular weight excluding hydrogens is 363 g/mol. The molecule has 2 aromatic rings. The minimum absolute atomic E-state index is 0.0989. The highest BCUT2D eigenvalue weighted by Crippen LogP contribution is 2.25.